The van der Waals surface area contributed by atoms with Gasteiger partial charge in [-0.3, -0.25) is 0 Å². The van der Waals surface area contributed by atoms with Crippen LogP contribution in [0.3, 0.4) is 0 Å². The molecule has 1 N–H and O–H groups in total. The Hall–Kier alpha value is -1.23. The van der Waals surface area contributed by atoms with Gasteiger partial charge in [0.25, 0.3) is 0 Å². The Labute approximate surface area is 117 Å². The van der Waals surface area contributed by atoms with Crippen molar-refractivity contribution in [3.8, 4) is 0 Å². The maximum absolute atomic E-state index is 5.84. The van der Waals surface area contributed by atoms with Crippen LogP contribution in [0.2, 0.25) is 5.22 Å². The third-order valence-electron chi connectivity index (χ3n) is 2.73. The number of rotatable bonds is 7. The van der Waals surface area contributed by atoms with Crippen LogP contribution in [0.4, 0.5) is 0 Å². The van der Waals surface area contributed by atoms with Crippen LogP contribution in [0.1, 0.15) is 36.7 Å². The van der Waals surface area contributed by atoms with Gasteiger partial charge in [0.2, 0.25) is 0 Å². The normalized spacial score (nSPS) is 12.8. The Bertz CT molecular complexity index is 506. The topological polar surface area (TPSA) is 47.5 Å². The lowest BCUT2D eigenvalue weighted by Gasteiger charge is -2.13. The summed E-state index contributed by atoms with van der Waals surface area (Å²) >= 11 is 5.84. The van der Waals surface area contributed by atoms with Crippen molar-refractivity contribution in [1.82, 2.24) is 5.32 Å². The summed E-state index contributed by atoms with van der Waals surface area (Å²) in [6.07, 6.45) is 1.02. The predicted molar refractivity (Wildman–Crippen MR) is 73.3 cm³/mol. The van der Waals surface area contributed by atoms with E-state index in [0.29, 0.717) is 11.8 Å². The SMILES string of the molecule is CCCNC(c1ccc(Cl)o1)c1ccc(COC)o1. The molecule has 0 radical (unpaired) electrons. The summed E-state index contributed by atoms with van der Waals surface area (Å²) in [5, 5.41) is 3.76. The van der Waals surface area contributed by atoms with E-state index in [1.165, 1.54) is 0 Å². The van der Waals surface area contributed by atoms with Crippen LogP contribution >= 0.6 is 11.6 Å². The molecule has 0 spiro atoms. The zero-order valence-corrected chi connectivity index (χ0v) is 11.9. The van der Waals surface area contributed by atoms with Crippen molar-refractivity contribution in [2.45, 2.75) is 26.0 Å². The van der Waals surface area contributed by atoms with Gasteiger partial charge in [0.1, 0.15) is 29.9 Å². The van der Waals surface area contributed by atoms with E-state index in [2.05, 4.69) is 12.2 Å². The highest BCUT2D eigenvalue weighted by molar-refractivity contribution is 6.28. The van der Waals surface area contributed by atoms with Crippen LogP contribution in [0, 0.1) is 0 Å². The number of hydrogen-bond acceptors (Lipinski definition) is 4. The van der Waals surface area contributed by atoms with Gasteiger partial charge in [-0.1, -0.05) is 6.92 Å². The molecule has 2 aromatic rings. The van der Waals surface area contributed by atoms with Crippen LogP contribution in [-0.2, 0) is 11.3 Å². The molecule has 2 rings (SSSR count). The Morgan fingerprint density at radius 3 is 2.58 bits per heavy atom. The first-order chi connectivity index (χ1) is 9.24. The molecule has 0 aliphatic rings. The van der Waals surface area contributed by atoms with Crippen molar-refractivity contribution < 1.29 is 13.6 Å². The second-order valence-corrected chi connectivity index (χ2v) is 4.64. The standard InChI is InChI=1S/C14H18ClNO3/c1-3-8-16-14(12-6-7-13(15)19-12)11-5-4-10(18-11)9-17-2/h4-7,14,16H,3,8-9H2,1-2H3. The highest BCUT2D eigenvalue weighted by atomic mass is 35.5. The Kier molecular flexibility index (Phi) is 5.07. The number of halogens is 1. The molecular formula is C14H18ClNO3. The van der Waals surface area contributed by atoms with Gasteiger partial charge in [-0.15, -0.1) is 0 Å². The van der Waals surface area contributed by atoms with Gasteiger partial charge in [0.05, 0.1) is 0 Å². The highest BCUT2D eigenvalue weighted by Crippen LogP contribution is 2.27. The molecule has 19 heavy (non-hydrogen) atoms. The molecule has 0 saturated heterocycles. The molecule has 104 valence electrons. The van der Waals surface area contributed by atoms with Crippen molar-refractivity contribution in [2.75, 3.05) is 13.7 Å². The van der Waals surface area contributed by atoms with Crippen molar-refractivity contribution in [3.05, 3.63) is 46.8 Å². The lowest BCUT2D eigenvalue weighted by atomic mass is 10.1. The van der Waals surface area contributed by atoms with Gasteiger partial charge in [0, 0.05) is 7.11 Å². The third kappa shape index (κ3) is 3.62. The van der Waals surface area contributed by atoms with Gasteiger partial charge < -0.3 is 18.9 Å². The third-order valence-corrected chi connectivity index (χ3v) is 2.93. The van der Waals surface area contributed by atoms with Crippen molar-refractivity contribution in [3.63, 3.8) is 0 Å². The number of ether oxygens (including phenoxy) is 1. The quantitative estimate of drug-likeness (QED) is 0.840. The lowest BCUT2D eigenvalue weighted by Crippen LogP contribution is -2.22. The molecule has 0 amide bonds. The molecule has 1 unspecified atom stereocenters. The molecule has 0 bridgehead atoms. The van der Waals surface area contributed by atoms with E-state index in [0.717, 1.165) is 30.2 Å². The van der Waals surface area contributed by atoms with Crippen LogP contribution < -0.4 is 5.32 Å². The highest BCUT2D eigenvalue weighted by Gasteiger charge is 2.20. The Balaban J connectivity index is 2.20. The van der Waals surface area contributed by atoms with E-state index >= 15 is 0 Å². The number of furan rings is 2. The van der Waals surface area contributed by atoms with E-state index in [9.17, 15) is 0 Å². The average Bonchev–Trinajstić information content (AvgIpc) is 3.01. The smallest absolute Gasteiger partial charge is 0.193 e. The maximum Gasteiger partial charge on any atom is 0.193 e. The summed E-state index contributed by atoms with van der Waals surface area (Å²) < 4.78 is 16.3. The average molecular weight is 284 g/mol. The summed E-state index contributed by atoms with van der Waals surface area (Å²) in [5.74, 6) is 2.33. The van der Waals surface area contributed by atoms with Crippen LogP contribution in [-0.4, -0.2) is 13.7 Å². The van der Waals surface area contributed by atoms with Gasteiger partial charge in [-0.05, 0) is 48.8 Å². The summed E-state index contributed by atoms with van der Waals surface area (Å²) in [6.45, 7) is 3.43. The van der Waals surface area contributed by atoms with Crippen LogP contribution in [0.15, 0.2) is 33.1 Å². The minimum Gasteiger partial charge on any atom is -0.461 e. The molecule has 2 aromatic heterocycles. The minimum atomic E-state index is -0.127. The minimum absolute atomic E-state index is 0.127. The molecular weight excluding hydrogens is 266 g/mol. The summed E-state index contributed by atoms with van der Waals surface area (Å²) in [4.78, 5) is 0. The number of nitrogens with one attached hydrogen (secondary N) is 1. The molecule has 0 aromatic carbocycles. The molecule has 0 fully saturated rings. The molecule has 5 heteroatoms. The fourth-order valence-corrected chi connectivity index (χ4v) is 2.04. The monoisotopic (exact) mass is 283 g/mol. The lowest BCUT2D eigenvalue weighted by molar-refractivity contribution is 0.161. The van der Waals surface area contributed by atoms with Crippen molar-refractivity contribution in [2.24, 2.45) is 0 Å². The Morgan fingerprint density at radius 1 is 1.21 bits per heavy atom. The number of hydrogen-bond donors (Lipinski definition) is 1. The fraction of sp³-hybridized carbons (Fsp3) is 0.429. The number of methoxy groups -OCH3 is 1. The van der Waals surface area contributed by atoms with Crippen LogP contribution in [0.25, 0.3) is 0 Å². The molecule has 2 heterocycles. The first kappa shape index (κ1) is 14.2. The van der Waals surface area contributed by atoms with Gasteiger partial charge >= 0.3 is 0 Å². The van der Waals surface area contributed by atoms with E-state index < -0.39 is 0 Å². The zero-order valence-electron chi connectivity index (χ0n) is 11.1. The second kappa shape index (κ2) is 6.80. The summed E-state index contributed by atoms with van der Waals surface area (Å²) in [5.41, 5.74) is 0. The molecule has 1 atom stereocenters. The van der Waals surface area contributed by atoms with Crippen molar-refractivity contribution in [1.29, 1.82) is 0 Å². The van der Waals surface area contributed by atoms with E-state index in [4.69, 9.17) is 25.2 Å². The first-order valence-corrected chi connectivity index (χ1v) is 6.68. The maximum atomic E-state index is 5.84. The fourth-order valence-electron chi connectivity index (χ4n) is 1.88. The Morgan fingerprint density at radius 2 is 1.95 bits per heavy atom. The summed E-state index contributed by atoms with van der Waals surface area (Å²) in [7, 11) is 1.64. The molecule has 4 nitrogen and oxygen atoms in total. The second-order valence-electron chi connectivity index (χ2n) is 4.27. The first-order valence-electron chi connectivity index (χ1n) is 6.30. The van der Waals surface area contributed by atoms with E-state index in [1.807, 2.05) is 18.2 Å². The van der Waals surface area contributed by atoms with Gasteiger partial charge in [-0.25, -0.2) is 0 Å². The van der Waals surface area contributed by atoms with Crippen LogP contribution in [0.5, 0.6) is 0 Å². The molecule has 0 aliphatic heterocycles. The van der Waals surface area contributed by atoms with E-state index in [-0.39, 0.29) is 6.04 Å². The molecule has 0 saturated carbocycles. The van der Waals surface area contributed by atoms with Gasteiger partial charge in [0.15, 0.2) is 5.22 Å². The largest absolute Gasteiger partial charge is 0.461 e. The zero-order chi connectivity index (χ0) is 13.7. The predicted octanol–water partition coefficient (Wildman–Crippen LogP) is 3.76. The van der Waals surface area contributed by atoms with Crippen molar-refractivity contribution >= 4 is 11.6 Å². The van der Waals surface area contributed by atoms with Gasteiger partial charge in [-0.2, -0.15) is 0 Å². The molecule has 0 aliphatic carbocycles. The summed E-state index contributed by atoms with van der Waals surface area (Å²) in [6, 6.07) is 7.30. The van der Waals surface area contributed by atoms with E-state index in [1.54, 1.807) is 13.2 Å².